The Labute approximate surface area is 116 Å². The average molecular weight is 262 g/mol. The van der Waals surface area contributed by atoms with Crippen molar-refractivity contribution in [3.05, 3.63) is 24.0 Å². The summed E-state index contributed by atoms with van der Waals surface area (Å²) in [6, 6.07) is 2.38. The first-order valence-corrected chi connectivity index (χ1v) is 7.20. The molecule has 0 aromatic carbocycles. The Morgan fingerprint density at radius 3 is 2.68 bits per heavy atom. The Balaban J connectivity index is 2.25. The first kappa shape index (κ1) is 14.3. The van der Waals surface area contributed by atoms with Gasteiger partial charge in [0, 0.05) is 12.2 Å². The fourth-order valence-electron chi connectivity index (χ4n) is 3.42. The lowest BCUT2D eigenvalue weighted by Gasteiger charge is -2.43. The van der Waals surface area contributed by atoms with E-state index in [1.54, 1.807) is 13.3 Å². The number of hydrogen-bond donors (Lipinski definition) is 1. The number of aromatic nitrogens is 1. The quantitative estimate of drug-likeness (QED) is 0.910. The zero-order valence-corrected chi connectivity index (χ0v) is 12.5. The Bertz CT molecular complexity index is 431. The molecule has 2 N–H and O–H groups in total. The van der Waals surface area contributed by atoms with Gasteiger partial charge in [-0.05, 0) is 41.7 Å². The highest BCUT2D eigenvalue weighted by Crippen LogP contribution is 2.41. The zero-order chi connectivity index (χ0) is 14.0. The molecule has 1 aliphatic rings. The SMILES string of the molecule is COc1cncc(C(C)(C)C2CCC(C)CC2N)c1. The van der Waals surface area contributed by atoms with Crippen molar-refractivity contribution in [1.29, 1.82) is 0 Å². The zero-order valence-electron chi connectivity index (χ0n) is 12.5. The second-order valence-corrected chi connectivity index (χ2v) is 6.52. The van der Waals surface area contributed by atoms with E-state index in [0.717, 1.165) is 18.1 Å². The van der Waals surface area contributed by atoms with E-state index in [1.165, 1.54) is 18.4 Å². The van der Waals surface area contributed by atoms with Gasteiger partial charge >= 0.3 is 0 Å². The van der Waals surface area contributed by atoms with Crippen LogP contribution in [0.4, 0.5) is 0 Å². The maximum absolute atomic E-state index is 6.41. The fraction of sp³-hybridized carbons (Fsp3) is 0.688. The van der Waals surface area contributed by atoms with Crippen LogP contribution in [-0.2, 0) is 5.41 Å². The molecule has 0 saturated heterocycles. The van der Waals surface area contributed by atoms with Crippen LogP contribution >= 0.6 is 0 Å². The molecule has 1 aromatic heterocycles. The Kier molecular flexibility index (Phi) is 4.14. The average Bonchev–Trinajstić information content (AvgIpc) is 2.38. The van der Waals surface area contributed by atoms with Crippen LogP contribution in [0.5, 0.6) is 5.75 Å². The van der Waals surface area contributed by atoms with Crippen LogP contribution in [0.2, 0.25) is 0 Å². The first-order valence-electron chi connectivity index (χ1n) is 7.20. The lowest BCUT2D eigenvalue weighted by Crippen LogP contribution is -2.45. The van der Waals surface area contributed by atoms with Gasteiger partial charge in [-0.2, -0.15) is 0 Å². The van der Waals surface area contributed by atoms with E-state index in [1.807, 2.05) is 6.20 Å². The molecule has 1 aromatic rings. The number of nitrogens with two attached hydrogens (primary N) is 1. The van der Waals surface area contributed by atoms with Crippen molar-refractivity contribution in [2.75, 3.05) is 7.11 Å². The molecule has 19 heavy (non-hydrogen) atoms. The third kappa shape index (κ3) is 2.92. The largest absolute Gasteiger partial charge is 0.495 e. The van der Waals surface area contributed by atoms with Crippen molar-refractivity contribution in [2.45, 2.75) is 51.5 Å². The Morgan fingerprint density at radius 1 is 1.32 bits per heavy atom. The minimum Gasteiger partial charge on any atom is -0.495 e. The molecule has 0 radical (unpaired) electrons. The molecular weight excluding hydrogens is 236 g/mol. The minimum absolute atomic E-state index is 0.0428. The van der Waals surface area contributed by atoms with Crippen LogP contribution in [0, 0.1) is 11.8 Å². The molecular formula is C16H26N2O. The monoisotopic (exact) mass is 262 g/mol. The van der Waals surface area contributed by atoms with Crippen LogP contribution < -0.4 is 10.5 Å². The van der Waals surface area contributed by atoms with Crippen LogP contribution in [-0.4, -0.2) is 18.1 Å². The smallest absolute Gasteiger partial charge is 0.137 e. The molecule has 0 aliphatic heterocycles. The second kappa shape index (κ2) is 5.49. The number of methoxy groups -OCH3 is 1. The standard InChI is InChI=1S/C16H26N2O/c1-11-5-6-14(15(17)7-11)16(2,3)12-8-13(19-4)10-18-9-12/h8-11,14-15H,5-7,17H2,1-4H3. The molecule has 106 valence electrons. The molecule has 0 spiro atoms. The molecule has 1 fully saturated rings. The second-order valence-electron chi connectivity index (χ2n) is 6.52. The van der Waals surface area contributed by atoms with Crippen LogP contribution in [0.15, 0.2) is 18.5 Å². The van der Waals surface area contributed by atoms with E-state index >= 15 is 0 Å². The number of pyridine rings is 1. The van der Waals surface area contributed by atoms with Gasteiger partial charge in [-0.15, -0.1) is 0 Å². The van der Waals surface area contributed by atoms with Gasteiger partial charge in [0.2, 0.25) is 0 Å². The molecule has 3 atom stereocenters. The van der Waals surface area contributed by atoms with E-state index in [4.69, 9.17) is 10.5 Å². The first-order chi connectivity index (χ1) is 8.95. The van der Waals surface area contributed by atoms with E-state index in [2.05, 4.69) is 31.8 Å². The van der Waals surface area contributed by atoms with Crippen molar-refractivity contribution in [3.63, 3.8) is 0 Å². The van der Waals surface area contributed by atoms with Crippen LogP contribution in [0.3, 0.4) is 0 Å². The Morgan fingerprint density at radius 2 is 2.05 bits per heavy atom. The summed E-state index contributed by atoms with van der Waals surface area (Å²) in [7, 11) is 1.68. The molecule has 3 nitrogen and oxygen atoms in total. The molecule has 1 saturated carbocycles. The van der Waals surface area contributed by atoms with E-state index in [-0.39, 0.29) is 11.5 Å². The van der Waals surface area contributed by atoms with E-state index in [9.17, 15) is 0 Å². The summed E-state index contributed by atoms with van der Waals surface area (Å²) in [5.74, 6) is 2.09. The molecule has 3 unspecified atom stereocenters. The van der Waals surface area contributed by atoms with Gasteiger partial charge in [0.25, 0.3) is 0 Å². The maximum atomic E-state index is 6.41. The van der Waals surface area contributed by atoms with Gasteiger partial charge in [0.05, 0.1) is 13.3 Å². The van der Waals surface area contributed by atoms with Crippen LogP contribution in [0.1, 0.15) is 45.6 Å². The number of nitrogens with zero attached hydrogens (tertiary/aromatic N) is 1. The molecule has 3 heteroatoms. The lowest BCUT2D eigenvalue weighted by molar-refractivity contribution is 0.170. The van der Waals surface area contributed by atoms with E-state index in [0.29, 0.717) is 5.92 Å². The van der Waals surface area contributed by atoms with Gasteiger partial charge in [0.1, 0.15) is 5.75 Å². The summed E-state index contributed by atoms with van der Waals surface area (Å²) >= 11 is 0. The summed E-state index contributed by atoms with van der Waals surface area (Å²) in [5.41, 5.74) is 7.68. The fourth-order valence-corrected chi connectivity index (χ4v) is 3.42. The summed E-state index contributed by atoms with van der Waals surface area (Å²) in [5, 5.41) is 0. The number of ether oxygens (including phenoxy) is 1. The van der Waals surface area contributed by atoms with Crippen molar-refractivity contribution in [1.82, 2.24) is 4.98 Å². The van der Waals surface area contributed by atoms with Gasteiger partial charge in [-0.3, -0.25) is 4.98 Å². The Hall–Kier alpha value is -1.09. The van der Waals surface area contributed by atoms with Crippen molar-refractivity contribution < 1.29 is 4.74 Å². The van der Waals surface area contributed by atoms with Crippen molar-refractivity contribution in [2.24, 2.45) is 17.6 Å². The number of hydrogen-bond acceptors (Lipinski definition) is 3. The van der Waals surface area contributed by atoms with Gasteiger partial charge in [-0.25, -0.2) is 0 Å². The van der Waals surface area contributed by atoms with Crippen LogP contribution in [0.25, 0.3) is 0 Å². The highest BCUT2D eigenvalue weighted by molar-refractivity contribution is 5.30. The van der Waals surface area contributed by atoms with Crippen molar-refractivity contribution >= 4 is 0 Å². The highest BCUT2D eigenvalue weighted by Gasteiger charge is 2.38. The summed E-state index contributed by atoms with van der Waals surface area (Å²) < 4.78 is 5.29. The predicted octanol–water partition coefficient (Wildman–Crippen LogP) is 3.13. The minimum atomic E-state index is 0.0428. The van der Waals surface area contributed by atoms with Gasteiger partial charge in [-0.1, -0.05) is 27.2 Å². The third-order valence-corrected chi connectivity index (χ3v) is 4.78. The topological polar surface area (TPSA) is 48.1 Å². The number of rotatable bonds is 3. The molecule has 1 heterocycles. The summed E-state index contributed by atoms with van der Waals surface area (Å²) in [6.45, 7) is 6.87. The molecule has 2 rings (SSSR count). The summed E-state index contributed by atoms with van der Waals surface area (Å²) in [6.07, 6.45) is 7.31. The predicted molar refractivity (Wildman–Crippen MR) is 78.3 cm³/mol. The van der Waals surface area contributed by atoms with Gasteiger partial charge in [0.15, 0.2) is 0 Å². The van der Waals surface area contributed by atoms with Gasteiger partial charge < -0.3 is 10.5 Å². The molecule has 0 bridgehead atoms. The summed E-state index contributed by atoms with van der Waals surface area (Å²) in [4.78, 5) is 4.29. The lowest BCUT2D eigenvalue weighted by atomic mass is 9.64. The van der Waals surface area contributed by atoms with E-state index < -0.39 is 0 Å². The third-order valence-electron chi connectivity index (χ3n) is 4.78. The molecule has 1 aliphatic carbocycles. The maximum Gasteiger partial charge on any atom is 0.137 e. The highest BCUT2D eigenvalue weighted by atomic mass is 16.5. The van der Waals surface area contributed by atoms with Crippen molar-refractivity contribution in [3.8, 4) is 5.75 Å². The molecule has 0 amide bonds. The normalized spacial score (nSPS) is 28.2.